The van der Waals surface area contributed by atoms with E-state index in [1.807, 2.05) is 6.92 Å². The van der Waals surface area contributed by atoms with Gasteiger partial charge in [0.2, 0.25) is 0 Å². The largest absolute Gasteiger partial charge is 0.263 e. The molecule has 1 heterocycles. The van der Waals surface area contributed by atoms with Gasteiger partial charge in [-0.25, -0.2) is 4.98 Å². The molecule has 1 fully saturated rings. The van der Waals surface area contributed by atoms with Crippen LogP contribution in [0.2, 0.25) is 0 Å². The first-order valence-electron chi connectivity index (χ1n) is 4.22. The predicted octanol–water partition coefficient (Wildman–Crippen LogP) is 1.46. The smallest absolute Gasteiger partial charge is 0.150 e. The maximum absolute atomic E-state index is 4.27. The first kappa shape index (κ1) is 6.83. The molecule has 0 amide bonds. The molecule has 0 atom stereocenters. The van der Waals surface area contributed by atoms with Gasteiger partial charge < -0.3 is 0 Å². The lowest BCUT2D eigenvalue weighted by molar-refractivity contribution is 0.309. The fraction of sp³-hybridized carbons (Fsp3) is 0.750. The Hall–Kier alpha value is -0.860. The Morgan fingerprint density at radius 3 is 2.82 bits per heavy atom. The highest BCUT2D eigenvalue weighted by molar-refractivity contribution is 4.91. The molecule has 0 saturated heterocycles. The van der Waals surface area contributed by atoms with E-state index < -0.39 is 0 Å². The van der Waals surface area contributed by atoms with Crippen LogP contribution in [-0.4, -0.2) is 15.2 Å². The van der Waals surface area contributed by atoms with Gasteiger partial charge in [0.1, 0.15) is 5.82 Å². The summed E-state index contributed by atoms with van der Waals surface area (Å²) < 4.78 is 0. The van der Waals surface area contributed by atoms with Crippen molar-refractivity contribution in [1.29, 1.82) is 0 Å². The quantitative estimate of drug-likeness (QED) is 0.695. The summed E-state index contributed by atoms with van der Waals surface area (Å²) in [7, 11) is 0. The Morgan fingerprint density at radius 1 is 1.55 bits per heavy atom. The van der Waals surface area contributed by atoms with Crippen molar-refractivity contribution in [2.75, 3.05) is 0 Å². The van der Waals surface area contributed by atoms with E-state index in [2.05, 4.69) is 15.2 Å². The third-order valence-corrected chi connectivity index (χ3v) is 2.34. The maximum Gasteiger partial charge on any atom is 0.150 e. The zero-order chi connectivity index (χ0) is 7.68. The first-order chi connectivity index (χ1) is 5.34. The van der Waals surface area contributed by atoms with Crippen LogP contribution in [0, 0.1) is 12.8 Å². The van der Waals surface area contributed by atoms with Crippen LogP contribution in [0.4, 0.5) is 0 Å². The normalized spacial score (nSPS) is 18.3. The van der Waals surface area contributed by atoms with Crippen molar-refractivity contribution in [2.45, 2.75) is 32.6 Å². The molecule has 0 unspecified atom stereocenters. The fourth-order valence-corrected chi connectivity index (χ4v) is 1.44. The minimum Gasteiger partial charge on any atom is -0.263 e. The molecule has 1 saturated carbocycles. The Labute approximate surface area is 66.2 Å². The molecule has 3 heteroatoms. The van der Waals surface area contributed by atoms with Gasteiger partial charge in [-0.3, -0.25) is 5.10 Å². The van der Waals surface area contributed by atoms with E-state index in [1.165, 1.54) is 19.3 Å². The molecule has 1 aromatic heterocycles. The number of hydrogen-bond acceptors (Lipinski definition) is 2. The van der Waals surface area contributed by atoms with Crippen molar-refractivity contribution in [1.82, 2.24) is 15.2 Å². The Morgan fingerprint density at radius 2 is 2.36 bits per heavy atom. The summed E-state index contributed by atoms with van der Waals surface area (Å²) >= 11 is 0. The summed E-state index contributed by atoms with van der Waals surface area (Å²) in [5.74, 6) is 2.79. The van der Waals surface area contributed by atoms with Crippen molar-refractivity contribution in [3.63, 3.8) is 0 Å². The topological polar surface area (TPSA) is 41.6 Å². The van der Waals surface area contributed by atoms with E-state index in [0.29, 0.717) is 0 Å². The predicted molar refractivity (Wildman–Crippen MR) is 42.2 cm³/mol. The molecule has 0 bridgehead atoms. The van der Waals surface area contributed by atoms with Gasteiger partial charge in [0.25, 0.3) is 0 Å². The lowest BCUT2D eigenvalue weighted by Crippen LogP contribution is -2.14. The second-order valence-corrected chi connectivity index (χ2v) is 3.34. The minimum atomic E-state index is 0.866. The lowest BCUT2D eigenvalue weighted by atomic mass is 9.83. The number of H-pyrrole nitrogens is 1. The van der Waals surface area contributed by atoms with Crippen molar-refractivity contribution >= 4 is 0 Å². The summed E-state index contributed by atoms with van der Waals surface area (Å²) in [4.78, 5) is 4.27. The van der Waals surface area contributed by atoms with Crippen molar-refractivity contribution in [3.8, 4) is 0 Å². The number of aromatic amines is 1. The summed E-state index contributed by atoms with van der Waals surface area (Å²) in [5.41, 5.74) is 0. The fourth-order valence-electron chi connectivity index (χ4n) is 1.44. The molecule has 0 aliphatic heterocycles. The first-order valence-corrected chi connectivity index (χ1v) is 4.22. The average Bonchev–Trinajstić information content (AvgIpc) is 2.27. The molecule has 1 aliphatic rings. The summed E-state index contributed by atoms with van der Waals surface area (Å²) in [6, 6.07) is 0. The second-order valence-electron chi connectivity index (χ2n) is 3.34. The van der Waals surface area contributed by atoms with E-state index in [4.69, 9.17) is 0 Å². The summed E-state index contributed by atoms with van der Waals surface area (Å²) in [6.07, 6.45) is 5.21. The van der Waals surface area contributed by atoms with Crippen LogP contribution < -0.4 is 0 Å². The van der Waals surface area contributed by atoms with Crippen LogP contribution >= 0.6 is 0 Å². The molecule has 0 aromatic carbocycles. The molecule has 0 spiro atoms. The Kier molecular flexibility index (Phi) is 1.64. The molecule has 3 nitrogen and oxygen atoms in total. The van der Waals surface area contributed by atoms with Gasteiger partial charge in [0.15, 0.2) is 5.82 Å². The third-order valence-electron chi connectivity index (χ3n) is 2.34. The van der Waals surface area contributed by atoms with E-state index in [0.717, 1.165) is 24.0 Å². The Bertz CT molecular complexity index is 237. The monoisotopic (exact) mass is 151 g/mol. The van der Waals surface area contributed by atoms with Crippen molar-refractivity contribution in [3.05, 3.63) is 11.6 Å². The van der Waals surface area contributed by atoms with Crippen molar-refractivity contribution < 1.29 is 0 Å². The number of nitrogens with one attached hydrogen (secondary N) is 1. The molecular weight excluding hydrogens is 138 g/mol. The number of hydrogen-bond donors (Lipinski definition) is 1. The van der Waals surface area contributed by atoms with Gasteiger partial charge in [-0.05, 0) is 12.8 Å². The molecule has 11 heavy (non-hydrogen) atoms. The SMILES string of the molecule is Cc1nc(CC2CCC2)n[nH]1. The van der Waals surface area contributed by atoms with Crippen LogP contribution in [0.5, 0.6) is 0 Å². The van der Waals surface area contributed by atoms with Crippen LogP contribution in [0.3, 0.4) is 0 Å². The number of aryl methyl sites for hydroxylation is 1. The molecule has 0 radical (unpaired) electrons. The molecule has 2 rings (SSSR count). The Balaban J connectivity index is 1.95. The number of aromatic nitrogens is 3. The van der Waals surface area contributed by atoms with Crippen LogP contribution in [0.15, 0.2) is 0 Å². The number of nitrogens with zero attached hydrogens (tertiary/aromatic N) is 2. The van der Waals surface area contributed by atoms with Crippen molar-refractivity contribution in [2.24, 2.45) is 5.92 Å². The van der Waals surface area contributed by atoms with E-state index in [-0.39, 0.29) is 0 Å². The van der Waals surface area contributed by atoms with Crippen LogP contribution in [0.1, 0.15) is 30.9 Å². The van der Waals surface area contributed by atoms with Crippen LogP contribution in [-0.2, 0) is 6.42 Å². The molecular formula is C8H13N3. The lowest BCUT2D eigenvalue weighted by Gasteiger charge is -2.23. The maximum atomic E-state index is 4.27. The highest BCUT2D eigenvalue weighted by Crippen LogP contribution is 2.28. The molecule has 1 aromatic rings. The zero-order valence-corrected chi connectivity index (χ0v) is 6.80. The summed E-state index contributed by atoms with van der Waals surface area (Å²) in [5, 5.41) is 6.96. The van der Waals surface area contributed by atoms with Crippen LogP contribution in [0.25, 0.3) is 0 Å². The van der Waals surface area contributed by atoms with Gasteiger partial charge >= 0.3 is 0 Å². The molecule has 60 valence electrons. The van der Waals surface area contributed by atoms with Gasteiger partial charge in [0.05, 0.1) is 0 Å². The van der Waals surface area contributed by atoms with Gasteiger partial charge in [-0.1, -0.05) is 19.3 Å². The number of rotatable bonds is 2. The van der Waals surface area contributed by atoms with Gasteiger partial charge in [0, 0.05) is 6.42 Å². The highest BCUT2D eigenvalue weighted by atomic mass is 15.2. The van der Waals surface area contributed by atoms with E-state index in [1.54, 1.807) is 0 Å². The van der Waals surface area contributed by atoms with E-state index in [9.17, 15) is 0 Å². The molecule has 1 aliphatic carbocycles. The van der Waals surface area contributed by atoms with Gasteiger partial charge in [-0.15, -0.1) is 0 Å². The van der Waals surface area contributed by atoms with Gasteiger partial charge in [-0.2, -0.15) is 5.10 Å². The minimum absolute atomic E-state index is 0.866. The third kappa shape index (κ3) is 1.42. The average molecular weight is 151 g/mol. The highest BCUT2D eigenvalue weighted by Gasteiger charge is 2.19. The zero-order valence-electron chi connectivity index (χ0n) is 6.80. The summed E-state index contributed by atoms with van der Waals surface area (Å²) in [6.45, 7) is 1.94. The standard InChI is InChI=1S/C8H13N3/c1-6-9-8(11-10-6)5-7-3-2-4-7/h7H,2-5H2,1H3,(H,9,10,11). The molecule has 1 N–H and O–H groups in total. The second kappa shape index (κ2) is 2.64. The van der Waals surface area contributed by atoms with E-state index >= 15 is 0 Å².